The Kier molecular flexibility index (Phi) is 5.99. The van der Waals surface area contributed by atoms with E-state index in [2.05, 4.69) is 15.5 Å². The molecule has 0 saturated heterocycles. The molecule has 0 aliphatic carbocycles. The number of hydrogen-bond acceptors (Lipinski definition) is 6. The molecule has 0 bridgehead atoms. The molecule has 2 N–H and O–H groups in total. The quantitative estimate of drug-likeness (QED) is 0.475. The predicted molar refractivity (Wildman–Crippen MR) is 107 cm³/mol. The van der Waals surface area contributed by atoms with Gasteiger partial charge in [-0.2, -0.15) is 5.10 Å². The van der Waals surface area contributed by atoms with Crippen LogP contribution in [0.15, 0.2) is 59.0 Å². The van der Waals surface area contributed by atoms with Crippen molar-refractivity contribution < 1.29 is 9.84 Å². The number of nitrogens with zero attached hydrogens (tertiary/aromatic N) is 2. The number of anilines is 1. The van der Waals surface area contributed by atoms with Crippen molar-refractivity contribution in [2.75, 3.05) is 5.43 Å². The van der Waals surface area contributed by atoms with Crippen LogP contribution in [-0.4, -0.2) is 22.4 Å². The summed E-state index contributed by atoms with van der Waals surface area (Å²) in [6.07, 6.45) is 1.76. The highest BCUT2D eigenvalue weighted by molar-refractivity contribution is 7.14. The molecule has 6 heteroatoms. The number of hydrogen-bond donors (Lipinski definition) is 2. The lowest BCUT2D eigenvalue weighted by Gasteiger charge is -2.13. The number of benzene rings is 2. The van der Waals surface area contributed by atoms with Gasteiger partial charge in [-0.25, -0.2) is 4.98 Å². The zero-order valence-corrected chi connectivity index (χ0v) is 15.5. The third kappa shape index (κ3) is 4.68. The van der Waals surface area contributed by atoms with Gasteiger partial charge in [-0.3, -0.25) is 5.43 Å². The predicted octanol–water partition coefficient (Wildman–Crippen LogP) is 4.54. The molecule has 0 atom stereocenters. The normalized spacial score (nSPS) is 11.2. The Hall–Kier alpha value is -2.70. The van der Waals surface area contributed by atoms with Crippen LogP contribution in [0, 0.1) is 0 Å². The van der Waals surface area contributed by atoms with Crippen LogP contribution in [0.2, 0.25) is 0 Å². The van der Waals surface area contributed by atoms with E-state index in [-0.39, 0.29) is 12.7 Å². The smallest absolute Gasteiger partial charge is 0.203 e. The van der Waals surface area contributed by atoms with E-state index in [4.69, 9.17) is 4.74 Å². The minimum Gasteiger partial charge on any atom is -0.491 e. The molecule has 5 nitrogen and oxygen atoms in total. The van der Waals surface area contributed by atoms with Crippen LogP contribution >= 0.6 is 11.3 Å². The van der Waals surface area contributed by atoms with Gasteiger partial charge in [0.25, 0.3) is 0 Å². The number of ether oxygens (including phenoxy) is 1. The summed E-state index contributed by atoms with van der Waals surface area (Å²) >= 11 is 1.50. The van der Waals surface area contributed by atoms with E-state index in [0.717, 1.165) is 27.5 Å². The third-order valence-corrected chi connectivity index (χ3v) is 4.31. The van der Waals surface area contributed by atoms with E-state index in [1.807, 2.05) is 67.8 Å². The average Bonchev–Trinajstić information content (AvgIpc) is 3.12. The van der Waals surface area contributed by atoms with E-state index in [0.29, 0.717) is 5.75 Å². The minimum absolute atomic E-state index is 0.0604. The first kappa shape index (κ1) is 18.1. The number of nitrogens with one attached hydrogen (secondary N) is 1. The lowest BCUT2D eigenvalue weighted by Crippen LogP contribution is -2.07. The Bertz CT molecular complexity index is 876. The molecular weight excluding hydrogens is 346 g/mol. The summed E-state index contributed by atoms with van der Waals surface area (Å²) in [6, 6.07) is 15.6. The molecule has 26 heavy (non-hydrogen) atoms. The monoisotopic (exact) mass is 367 g/mol. The van der Waals surface area contributed by atoms with E-state index in [1.54, 1.807) is 6.21 Å². The van der Waals surface area contributed by atoms with Crippen molar-refractivity contribution in [2.45, 2.75) is 26.6 Å². The molecule has 1 heterocycles. The molecule has 0 spiro atoms. The second kappa shape index (κ2) is 8.60. The van der Waals surface area contributed by atoms with Crippen LogP contribution in [0.25, 0.3) is 11.3 Å². The number of aliphatic hydroxyl groups excluding tert-OH is 1. The van der Waals surface area contributed by atoms with E-state index in [1.165, 1.54) is 11.3 Å². The zero-order valence-electron chi connectivity index (χ0n) is 14.7. The first-order valence-corrected chi connectivity index (χ1v) is 9.24. The molecule has 0 fully saturated rings. The molecule has 0 unspecified atom stereocenters. The van der Waals surface area contributed by atoms with E-state index >= 15 is 0 Å². The maximum atomic E-state index is 9.52. The van der Waals surface area contributed by atoms with Gasteiger partial charge >= 0.3 is 0 Å². The molecule has 2 aromatic carbocycles. The highest BCUT2D eigenvalue weighted by atomic mass is 32.1. The maximum Gasteiger partial charge on any atom is 0.203 e. The second-order valence-electron chi connectivity index (χ2n) is 5.97. The van der Waals surface area contributed by atoms with Gasteiger partial charge in [0, 0.05) is 16.5 Å². The molecule has 134 valence electrons. The Morgan fingerprint density at radius 3 is 2.77 bits per heavy atom. The summed E-state index contributed by atoms with van der Waals surface area (Å²) in [5, 5.41) is 16.5. The van der Waals surface area contributed by atoms with Crippen molar-refractivity contribution in [2.24, 2.45) is 5.10 Å². The number of hydrazone groups is 1. The second-order valence-corrected chi connectivity index (χ2v) is 6.82. The number of aromatic nitrogens is 1. The van der Waals surface area contributed by atoms with Crippen molar-refractivity contribution in [3.63, 3.8) is 0 Å². The largest absolute Gasteiger partial charge is 0.491 e. The first-order valence-electron chi connectivity index (χ1n) is 8.36. The van der Waals surface area contributed by atoms with Crippen LogP contribution < -0.4 is 10.2 Å². The van der Waals surface area contributed by atoms with Crippen molar-refractivity contribution in [3.8, 4) is 17.0 Å². The summed E-state index contributed by atoms with van der Waals surface area (Å²) in [6.45, 7) is 3.83. The van der Waals surface area contributed by atoms with Crippen LogP contribution in [0.5, 0.6) is 5.75 Å². The van der Waals surface area contributed by atoms with Crippen molar-refractivity contribution in [3.05, 3.63) is 65.0 Å². The number of thiazole rings is 1. The Balaban J connectivity index is 1.66. The van der Waals surface area contributed by atoms with Gasteiger partial charge in [-0.1, -0.05) is 30.3 Å². The van der Waals surface area contributed by atoms with Gasteiger partial charge in [-0.05, 0) is 37.6 Å². The molecule has 0 amide bonds. The van der Waals surface area contributed by atoms with Gasteiger partial charge in [-0.15, -0.1) is 11.3 Å². The number of rotatable bonds is 7. The Morgan fingerprint density at radius 2 is 2.04 bits per heavy atom. The average molecular weight is 367 g/mol. The molecule has 0 radical (unpaired) electrons. The number of aliphatic hydroxyl groups is 1. The topological polar surface area (TPSA) is 66.7 Å². The summed E-state index contributed by atoms with van der Waals surface area (Å²) in [7, 11) is 0. The fourth-order valence-corrected chi connectivity index (χ4v) is 3.07. The van der Waals surface area contributed by atoms with Crippen LogP contribution in [0.1, 0.15) is 25.0 Å². The lowest BCUT2D eigenvalue weighted by molar-refractivity contribution is 0.225. The fourth-order valence-electron chi connectivity index (χ4n) is 2.40. The highest BCUT2D eigenvalue weighted by Crippen LogP contribution is 2.24. The van der Waals surface area contributed by atoms with Gasteiger partial charge in [0.1, 0.15) is 5.75 Å². The zero-order chi connectivity index (χ0) is 18.4. The molecule has 3 rings (SSSR count). The van der Waals surface area contributed by atoms with Gasteiger partial charge in [0.05, 0.1) is 24.6 Å². The summed E-state index contributed by atoms with van der Waals surface area (Å²) in [4.78, 5) is 4.53. The molecular formula is C20H21N3O2S. The third-order valence-electron chi connectivity index (χ3n) is 3.57. The van der Waals surface area contributed by atoms with Gasteiger partial charge in [0.15, 0.2) is 0 Å². The fraction of sp³-hybridized carbons (Fsp3) is 0.200. The molecule has 0 aliphatic rings. The first-order chi connectivity index (χ1) is 12.7. The standard InChI is InChI=1S/C20H21N3O2S/c1-14(2)25-19-9-8-15(10-17(19)12-24)11-21-23-20-22-18(13-26-20)16-6-4-3-5-7-16/h3-11,13-14,24H,12H2,1-2H3,(H,22,23). The molecule has 0 saturated carbocycles. The molecule has 1 aromatic heterocycles. The van der Waals surface area contributed by atoms with Crippen LogP contribution in [0.4, 0.5) is 5.13 Å². The Labute approximate surface area is 157 Å². The van der Waals surface area contributed by atoms with Crippen LogP contribution in [0.3, 0.4) is 0 Å². The highest BCUT2D eigenvalue weighted by Gasteiger charge is 2.06. The van der Waals surface area contributed by atoms with Crippen molar-refractivity contribution >= 4 is 22.7 Å². The van der Waals surface area contributed by atoms with Gasteiger partial charge in [0.2, 0.25) is 5.13 Å². The minimum atomic E-state index is -0.0793. The summed E-state index contributed by atoms with van der Waals surface area (Å²) in [5.41, 5.74) is 6.56. The summed E-state index contributed by atoms with van der Waals surface area (Å²) in [5.74, 6) is 0.694. The lowest BCUT2D eigenvalue weighted by atomic mass is 10.1. The summed E-state index contributed by atoms with van der Waals surface area (Å²) < 4.78 is 5.68. The van der Waals surface area contributed by atoms with Crippen molar-refractivity contribution in [1.29, 1.82) is 0 Å². The van der Waals surface area contributed by atoms with Crippen molar-refractivity contribution in [1.82, 2.24) is 4.98 Å². The van der Waals surface area contributed by atoms with Crippen LogP contribution in [-0.2, 0) is 6.61 Å². The van der Waals surface area contributed by atoms with E-state index in [9.17, 15) is 5.11 Å². The van der Waals surface area contributed by atoms with E-state index < -0.39 is 0 Å². The Morgan fingerprint density at radius 1 is 1.23 bits per heavy atom. The molecule has 0 aliphatic heterocycles. The van der Waals surface area contributed by atoms with Gasteiger partial charge < -0.3 is 9.84 Å². The SMILES string of the molecule is CC(C)Oc1ccc(C=NNc2nc(-c3ccccc3)cs2)cc1CO. The molecule has 3 aromatic rings. The maximum absolute atomic E-state index is 9.52.